The van der Waals surface area contributed by atoms with Crippen LogP contribution >= 0.6 is 0 Å². The molecule has 1 heterocycles. The molecule has 0 saturated carbocycles. The van der Waals surface area contributed by atoms with Crippen LogP contribution < -0.4 is 4.72 Å². The predicted octanol–water partition coefficient (Wildman–Crippen LogP) is 1.24. The lowest BCUT2D eigenvalue weighted by Crippen LogP contribution is -2.40. The van der Waals surface area contributed by atoms with E-state index in [4.69, 9.17) is 4.74 Å². The topological polar surface area (TPSA) is 81.7 Å². The first-order valence-corrected chi connectivity index (χ1v) is 8.22. The highest BCUT2D eigenvalue weighted by atomic mass is 32.2. The molecule has 6 nitrogen and oxygen atoms in total. The number of sulfonamides is 1. The predicted molar refractivity (Wildman–Crippen MR) is 76.7 cm³/mol. The van der Waals surface area contributed by atoms with Gasteiger partial charge in [0.15, 0.2) is 0 Å². The molecule has 1 aromatic carbocycles. The number of methoxy groups -OCH3 is 1. The Labute approximate surface area is 124 Å². The quantitative estimate of drug-likeness (QED) is 0.846. The van der Waals surface area contributed by atoms with E-state index >= 15 is 0 Å². The van der Waals surface area contributed by atoms with Crippen molar-refractivity contribution < 1.29 is 22.7 Å². The fraction of sp³-hybridized carbons (Fsp3) is 0.500. The largest absolute Gasteiger partial charge is 0.465 e. The third kappa shape index (κ3) is 3.61. The minimum absolute atomic E-state index is 0.0935. The Morgan fingerprint density at radius 1 is 1.43 bits per heavy atom. The maximum Gasteiger partial charge on any atom is 0.338 e. The first-order valence-electron chi connectivity index (χ1n) is 6.73. The summed E-state index contributed by atoms with van der Waals surface area (Å²) in [4.78, 5) is 11.7. The highest BCUT2D eigenvalue weighted by Gasteiger charge is 2.25. The maximum atomic E-state index is 12.5. The Kier molecular flexibility index (Phi) is 4.97. The smallest absolute Gasteiger partial charge is 0.338 e. The zero-order valence-electron chi connectivity index (χ0n) is 12.1. The average molecular weight is 313 g/mol. The van der Waals surface area contributed by atoms with Crippen molar-refractivity contribution in [2.45, 2.75) is 30.7 Å². The molecule has 116 valence electrons. The van der Waals surface area contributed by atoms with Gasteiger partial charge in [0.25, 0.3) is 0 Å². The molecule has 7 heteroatoms. The molecule has 0 spiro atoms. The molecule has 0 aliphatic carbocycles. The maximum absolute atomic E-state index is 12.5. The van der Waals surface area contributed by atoms with Crippen molar-refractivity contribution in [1.29, 1.82) is 0 Å². The molecule has 2 rings (SSSR count). The second-order valence-corrected chi connectivity index (χ2v) is 6.64. The van der Waals surface area contributed by atoms with Crippen LogP contribution in [0.4, 0.5) is 0 Å². The van der Waals surface area contributed by atoms with Crippen LogP contribution in [-0.2, 0) is 19.5 Å². The van der Waals surface area contributed by atoms with E-state index < -0.39 is 16.0 Å². The van der Waals surface area contributed by atoms with E-state index in [9.17, 15) is 13.2 Å². The van der Waals surface area contributed by atoms with Gasteiger partial charge in [-0.05, 0) is 37.5 Å². The second kappa shape index (κ2) is 6.55. The molecule has 1 aromatic rings. The van der Waals surface area contributed by atoms with E-state index in [1.165, 1.54) is 19.2 Å². The molecular weight excluding hydrogens is 294 g/mol. The van der Waals surface area contributed by atoms with E-state index in [1.54, 1.807) is 13.0 Å². The summed E-state index contributed by atoms with van der Waals surface area (Å²) in [5.74, 6) is -0.550. The Morgan fingerprint density at radius 3 is 2.81 bits per heavy atom. The number of hydrogen-bond donors (Lipinski definition) is 1. The zero-order valence-corrected chi connectivity index (χ0v) is 12.9. The molecule has 1 aliphatic rings. The monoisotopic (exact) mass is 313 g/mol. The number of hydrogen-bond acceptors (Lipinski definition) is 5. The van der Waals surface area contributed by atoms with Crippen molar-refractivity contribution in [3.05, 3.63) is 29.3 Å². The first-order chi connectivity index (χ1) is 9.95. The molecular formula is C14H19NO5S. The van der Waals surface area contributed by atoms with Crippen LogP contribution in [0.15, 0.2) is 23.1 Å². The minimum Gasteiger partial charge on any atom is -0.465 e. The Morgan fingerprint density at radius 2 is 2.19 bits per heavy atom. The molecule has 1 N–H and O–H groups in total. The third-order valence-corrected chi connectivity index (χ3v) is 5.13. The lowest BCUT2D eigenvalue weighted by Gasteiger charge is -2.23. The Bertz CT molecular complexity index is 620. The molecule has 0 bridgehead atoms. The van der Waals surface area contributed by atoms with Crippen molar-refractivity contribution >= 4 is 16.0 Å². The van der Waals surface area contributed by atoms with Crippen LogP contribution in [0, 0.1) is 6.92 Å². The Balaban J connectivity index is 2.29. The number of benzene rings is 1. The molecule has 0 aromatic heterocycles. The Hall–Kier alpha value is -1.44. The number of rotatable bonds is 4. The van der Waals surface area contributed by atoms with Gasteiger partial charge in [-0.2, -0.15) is 0 Å². The van der Waals surface area contributed by atoms with Crippen LogP contribution in [0.1, 0.15) is 28.8 Å². The zero-order chi connectivity index (χ0) is 15.5. The van der Waals surface area contributed by atoms with Gasteiger partial charge in [0.05, 0.1) is 24.2 Å². The number of carbonyl (C=O) groups excluding carboxylic acids is 1. The lowest BCUT2D eigenvalue weighted by atomic mass is 10.1. The van der Waals surface area contributed by atoms with Crippen LogP contribution in [-0.4, -0.2) is 40.8 Å². The average Bonchev–Trinajstić information content (AvgIpc) is 2.47. The van der Waals surface area contributed by atoms with E-state index in [0.717, 1.165) is 12.8 Å². The van der Waals surface area contributed by atoms with Crippen molar-refractivity contribution in [1.82, 2.24) is 4.72 Å². The minimum atomic E-state index is -3.69. The molecule has 0 radical (unpaired) electrons. The molecule has 0 amide bonds. The lowest BCUT2D eigenvalue weighted by molar-refractivity contribution is 0.0599. The first kappa shape index (κ1) is 15.9. The van der Waals surface area contributed by atoms with E-state index in [0.29, 0.717) is 18.8 Å². The molecule has 1 fully saturated rings. The summed E-state index contributed by atoms with van der Waals surface area (Å²) in [7, 11) is -2.43. The van der Waals surface area contributed by atoms with Crippen molar-refractivity contribution in [3.8, 4) is 0 Å². The summed E-state index contributed by atoms with van der Waals surface area (Å²) in [6.45, 7) is 2.63. The van der Waals surface area contributed by atoms with E-state index in [-0.39, 0.29) is 16.5 Å². The number of esters is 1. The number of carbonyl (C=O) groups is 1. The van der Waals surface area contributed by atoms with E-state index in [1.807, 2.05) is 0 Å². The van der Waals surface area contributed by atoms with Gasteiger partial charge in [0, 0.05) is 12.6 Å². The SMILES string of the molecule is COC(=O)c1cccc(S(=O)(=O)NC2CCCOC2)c1C. The molecule has 21 heavy (non-hydrogen) atoms. The van der Waals surface area contributed by atoms with Crippen LogP contribution in [0.25, 0.3) is 0 Å². The summed E-state index contributed by atoms with van der Waals surface area (Å²) in [5, 5.41) is 0. The van der Waals surface area contributed by atoms with Gasteiger partial charge >= 0.3 is 5.97 Å². The van der Waals surface area contributed by atoms with Gasteiger partial charge in [-0.25, -0.2) is 17.9 Å². The van der Waals surface area contributed by atoms with Gasteiger partial charge in [-0.3, -0.25) is 0 Å². The summed E-state index contributed by atoms with van der Waals surface area (Å²) < 4.78 is 37.5. The van der Waals surface area contributed by atoms with Crippen molar-refractivity contribution in [2.24, 2.45) is 0 Å². The van der Waals surface area contributed by atoms with Gasteiger partial charge in [0.2, 0.25) is 10.0 Å². The summed E-state index contributed by atoms with van der Waals surface area (Å²) in [6, 6.07) is 4.33. The van der Waals surface area contributed by atoms with E-state index in [2.05, 4.69) is 9.46 Å². The summed E-state index contributed by atoms with van der Waals surface area (Å²) >= 11 is 0. The van der Waals surface area contributed by atoms with Crippen LogP contribution in [0.3, 0.4) is 0 Å². The van der Waals surface area contributed by atoms with Crippen LogP contribution in [0.2, 0.25) is 0 Å². The molecule has 1 saturated heterocycles. The number of ether oxygens (including phenoxy) is 2. The van der Waals surface area contributed by atoms with Crippen molar-refractivity contribution in [2.75, 3.05) is 20.3 Å². The highest BCUT2D eigenvalue weighted by molar-refractivity contribution is 7.89. The second-order valence-electron chi connectivity index (χ2n) is 4.96. The molecule has 1 aliphatic heterocycles. The van der Waals surface area contributed by atoms with Crippen molar-refractivity contribution in [3.63, 3.8) is 0 Å². The summed E-state index contributed by atoms with van der Waals surface area (Å²) in [6.07, 6.45) is 1.57. The van der Waals surface area contributed by atoms with Gasteiger partial charge in [-0.15, -0.1) is 0 Å². The summed E-state index contributed by atoms with van der Waals surface area (Å²) in [5.41, 5.74) is 0.633. The third-order valence-electron chi connectivity index (χ3n) is 3.46. The van der Waals surface area contributed by atoms with Crippen LogP contribution in [0.5, 0.6) is 0 Å². The highest BCUT2D eigenvalue weighted by Crippen LogP contribution is 2.20. The fourth-order valence-corrected chi connectivity index (χ4v) is 3.88. The normalized spacial score (nSPS) is 19.2. The number of nitrogens with one attached hydrogen (secondary N) is 1. The van der Waals surface area contributed by atoms with Gasteiger partial charge in [0.1, 0.15) is 0 Å². The van der Waals surface area contributed by atoms with Gasteiger partial charge < -0.3 is 9.47 Å². The molecule has 1 unspecified atom stereocenters. The fourth-order valence-electron chi connectivity index (χ4n) is 2.35. The van der Waals surface area contributed by atoms with Gasteiger partial charge in [-0.1, -0.05) is 6.07 Å². The molecule has 1 atom stereocenters. The standard InChI is InChI=1S/C14H19NO5S/c1-10-12(14(16)19-2)6-3-7-13(10)21(17,18)15-11-5-4-8-20-9-11/h3,6-7,11,15H,4-5,8-9H2,1-2H3.